The van der Waals surface area contributed by atoms with Crippen LogP contribution in [0.1, 0.15) is 29.3 Å². The van der Waals surface area contributed by atoms with Gasteiger partial charge in [0.05, 0.1) is 11.4 Å². The first-order chi connectivity index (χ1) is 14.4. The lowest BCUT2D eigenvalue weighted by Crippen LogP contribution is -2.24. The van der Waals surface area contributed by atoms with E-state index in [1.807, 2.05) is 31.4 Å². The zero-order valence-corrected chi connectivity index (χ0v) is 18.7. The number of hydrogen-bond acceptors (Lipinski definition) is 7. The zero-order valence-electron chi connectivity index (χ0n) is 17.1. The highest BCUT2D eigenvalue weighted by Crippen LogP contribution is 2.35. The lowest BCUT2D eigenvalue weighted by Gasteiger charge is -2.23. The fourth-order valence-electron chi connectivity index (χ4n) is 3.35. The Morgan fingerprint density at radius 2 is 2.00 bits per heavy atom. The molecule has 1 aromatic carbocycles. The van der Waals surface area contributed by atoms with Crippen molar-refractivity contribution in [2.45, 2.75) is 38.7 Å². The lowest BCUT2D eigenvalue weighted by molar-refractivity contribution is -0.115. The van der Waals surface area contributed by atoms with Crippen LogP contribution < -0.4 is 4.90 Å². The fraction of sp³-hybridized carbons (Fsp3) is 0.238. The van der Waals surface area contributed by atoms with Crippen molar-refractivity contribution < 1.29 is 9.21 Å². The van der Waals surface area contributed by atoms with Gasteiger partial charge in [-0.3, -0.25) is 9.69 Å². The summed E-state index contributed by atoms with van der Waals surface area (Å²) in [5.74, 6) is 0.959. The molecule has 0 aliphatic carbocycles. The maximum atomic E-state index is 12.5. The number of rotatable bonds is 6. The molecule has 154 valence electrons. The molecular weight excluding hydrogens is 418 g/mol. The third-order valence-electron chi connectivity index (χ3n) is 4.48. The highest BCUT2D eigenvalue weighted by Gasteiger charge is 2.22. The van der Waals surface area contributed by atoms with Crippen molar-refractivity contribution in [3.63, 3.8) is 0 Å². The summed E-state index contributed by atoms with van der Waals surface area (Å²) in [6.07, 6.45) is 1.81. The lowest BCUT2D eigenvalue weighted by atomic mass is 10.0. The predicted octanol–water partition coefficient (Wildman–Crippen LogP) is 5.42. The molecule has 30 heavy (non-hydrogen) atoms. The van der Waals surface area contributed by atoms with E-state index in [0.717, 1.165) is 28.2 Å². The molecule has 0 atom stereocenters. The summed E-state index contributed by atoms with van der Waals surface area (Å²) >= 11 is 2.87. The Hall–Kier alpha value is -2.91. The molecule has 0 unspecified atom stereocenters. The summed E-state index contributed by atoms with van der Waals surface area (Å²) in [4.78, 5) is 21.9. The van der Waals surface area contributed by atoms with E-state index in [0.29, 0.717) is 22.0 Å². The SMILES string of the molecule is CC(=O)N(c1nc(CSc2nnc(-c3ccc[nH]3)o2)cs1)c1c(C)cc(C)cc1C. The molecule has 0 saturated carbocycles. The van der Waals surface area contributed by atoms with Crippen LogP contribution in [0.2, 0.25) is 0 Å². The molecule has 3 aromatic heterocycles. The van der Waals surface area contributed by atoms with Crippen LogP contribution in [0.3, 0.4) is 0 Å². The molecule has 4 aromatic rings. The van der Waals surface area contributed by atoms with Gasteiger partial charge < -0.3 is 9.40 Å². The van der Waals surface area contributed by atoms with Crippen molar-refractivity contribution in [1.29, 1.82) is 0 Å². The highest BCUT2D eigenvalue weighted by atomic mass is 32.2. The summed E-state index contributed by atoms with van der Waals surface area (Å²) in [7, 11) is 0. The molecule has 0 bridgehead atoms. The van der Waals surface area contributed by atoms with Gasteiger partial charge in [0.2, 0.25) is 5.91 Å². The summed E-state index contributed by atoms with van der Waals surface area (Å²) in [6.45, 7) is 7.66. The van der Waals surface area contributed by atoms with Crippen molar-refractivity contribution in [3.05, 3.63) is 58.2 Å². The number of thioether (sulfide) groups is 1. The Balaban J connectivity index is 1.52. The molecule has 1 amide bonds. The van der Waals surface area contributed by atoms with Gasteiger partial charge in [0.15, 0.2) is 5.13 Å². The number of H-pyrrole nitrogens is 1. The van der Waals surface area contributed by atoms with E-state index >= 15 is 0 Å². The van der Waals surface area contributed by atoms with E-state index < -0.39 is 0 Å². The first kappa shape index (κ1) is 20.4. The number of carbonyl (C=O) groups excluding carboxylic acids is 1. The molecule has 7 nitrogen and oxygen atoms in total. The Kier molecular flexibility index (Phi) is 5.74. The second-order valence-electron chi connectivity index (χ2n) is 6.97. The van der Waals surface area contributed by atoms with Gasteiger partial charge in [0, 0.05) is 24.3 Å². The van der Waals surface area contributed by atoms with E-state index in [9.17, 15) is 4.79 Å². The minimum Gasteiger partial charge on any atom is -0.410 e. The van der Waals surface area contributed by atoms with Crippen LogP contribution >= 0.6 is 23.1 Å². The van der Waals surface area contributed by atoms with Crippen molar-refractivity contribution in [2.75, 3.05) is 4.90 Å². The third-order valence-corrected chi connectivity index (χ3v) is 6.21. The number of benzene rings is 1. The summed E-state index contributed by atoms with van der Waals surface area (Å²) in [5, 5.41) is 11.2. The van der Waals surface area contributed by atoms with Gasteiger partial charge >= 0.3 is 0 Å². The number of aromatic amines is 1. The van der Waals surface area contributed by atoms with Gasteiger partial charge in [-0.15, -0.1) is 21.5 Å². The molecule has 0 aliphatic heterocycles. The Labute approximate surface area is 182 Å². The number of aromatic nitrogens is 4. The van der Waals surface area contributed by atoms with Crippen molar-refractivity contribution in [1.82, 2.24) is 20.2 Å². The average Bonchev–Trinajstić information content (AvgIpc) is 3.44. The minimum absolute atomic E-state index is 0.0638. The van der Waals surface area contributed by atoms with Gasteiger partial charge in [-0.25, -0.2) is 4.98 Å². The van der Waals surface area contributed by atoms with Gasteiger partial charge in [0.1, 0.15) is 5.69 Å². The van der Waals surface area contributed by atoms with E-state index in [1.165, 1.54) is 28.7 Å². The minimum atomic E-state index is -0.0638. The number of aryl methyl sites for hydroxylation is 3. The number of nitrogens with one attached hydrogen (secondary N) is 1. The number of anilines is 2. The standard InChI is InChI=1S/C21H21N5O2S2/c1-12-8-13(2)18(14(3)9-12)26(15(4)27)20-23-16(10-29-20)11-30-21-25-24-19(28-21)17-6-5-7-22-17/h5-10,22H,11H2,1-4H3. The topological polar surface area (TPSA) is 87.9 Å². The Morgan fingerprint density at radius 1 is 1.23 bits per heavy atom. The van der Waals surface area contributed by atoms with E-state index in [1.54, 1.807) is 18.0 Å². The molecular formula is C21H21N5O2S2. The van der Waals surface area contributed by atoms with E-state index in [2.05, 4.69) is 34.2 Å². The van der Waals surface area contributed by atoms with Crippen LogP contribution in [-0.2, 0) is 10.5 Å². The monoisotopic (exact) mass is 439 g/mol. The smallest absolute Gasteiger partial charge is 0.277 e. The largest absolute Gasteiger partial charge is 0.410 e. The Morgan fingerprint density at radius 3 is 2.67 bits per heavy atom. The van der Waals surface area contributed by atoms with Gasteiger partial charge in [-0.05, 0) is 44.0 Å². The second-order valence-corrected chi connectivity index (χ2v) is 8.73. The van der Waals surface area contributed by atoms with Crippen molar-refractivity contribution in [3.8, 4) is 11.6 Å². The molecule has 0 saturated heterocycles. The first-order valence-corrected chi connectivity index (χ1v) is 11.2. The molecule has 1 N–H and O–H groups in total. The van der Waals surface area contributed by atoms with E-state index in [-0.39, 0.29) is 5.91 Å². The van der Waals surface area contributed by atoms with Crippen LogP contribution in [0, 0.1) is 20.8 Å². The summed E-state index contributed by atoms with van der Waals surface area (Å²) in [6, 6.07) is 7.92. The van der Waals surface area contributed by atoms with Crippen LogP contribution in [0.4, 0.5) is 10.8 Å². The van der Waals surface area contributed by atoms with Gasteiger partial charge in [-0.1, -0.05) is 29.5 Å². The summed E-state index contributed by atoms with van der Waals surface area (Å²) < 4.78 is 5.67. The molecule has 4 rings (SSSR count). The number of nitrogens with zero attached hydrogens (tertiary/aromatic N) is 4. The molecule has 0 radical (unpaired) electrons. The average molecular weight is 440 g/mol. The van der Waals surface area contributed by atoms with Gasteiger partial charge in [0.25, 0.3) is 11.1 Å². The first-order valence-electron chi connectivity index (χ1n) is 9.35. The number of hydrogen-bond donors (Lipinski definition) is 1. The maximum Gasteiger partial charge on any atom is 0.277 e. The molecule has 3 heterocycles. The fourth-order valence-corrected chi connectivity index (χ4v) is 4.99. The molecule has 9 heteroatoms. The quantitative estimate of drug-likeness (QED) is 0.403. The highest BCUT2D eigenvalue weighted by molar-refractivity contribution is 7.98. The summed E-state index contributed by atoms with van der Waals surface area (Å²) in [5.41, 5.74) is 5.81. The number of thiazole rings is 1. The van der Waals surface area contributed by atoms with E-state index in [4.69, 9.17) is 9.40 Å². The maximum absolute atomic E-state index is 12.5. The second kappa shape index (κ2) is 8.45. The van der Waals surface area contributed by atoms with Crippen LogP contribution in [0.25, 0.3) is 11.6 Å². The predicted molar refractivity (Wildman–Crippen MR) is 119 cm³/mol. The molecule has 0 fully saturated rings. The normalized spacial score (nSPS) is 11.1. The number of amides is 1. The van der Waals surface area contributed by atoms with Crippen LogP contribution in [0.5, 0.6) is 0 Å². The van der Waals surface area contributed by atoms with Gasteiger partial charge in [-0.2, -0.15) is 0 Å². The molecule has 0 spiro atoms. The number of carbonyl (C=O) groups is 1. The Bertz CT molecular complexity index is 1160. The van der Waals surface area contributed by atoms with Crippen molar-refractivity contribution >= 4 is 39.8 Å². The van der Waals surface area contributed by atoms with Crippen molar-refractivity contribution in [2.24, 2.45) is 0 Å². The molecule has 0 aliphatic rings. The van der Waals surface area contributed by atoms with Crippen LogP contribution in [-0.4, -0.2) is 26.1 Å². The zero-order chi connectivity index (χ0) is 21.3. The third kappa shape index (κ3) is 4.17. The van der Waals surface area contributed by atoms with Crippen LogP contribution in [0.15, 0.2) is 45.5 Å².